The lowest BCUT2D eigenvalue weighted by Crippen LogP contribution is -2.16. The molecule has 1 aromatic carbocycles. The van der Waals surface area contributed by atoms with E-state index in [-0.39, 0.29) is 11.3 Å². The number of hydrogen-bond acceptors (Lipinski definition) is 5. The van der Waals surface area contributed by atoms with E-state index in [9.17, 15) is 9.18 Å². The molecule has 0 unspecified atom stereocenters. The largest absolute Gasteiger partial charge is 0.494 e. The van der Waals surface area contributed by atoms with Crippen LogP contribution in [0.25, 0.3) is 26.0 Å². The number of thiophene rings is 1. The summed E-state index contributed by atoms with van der Waals surface area (Å²) >= 11 is 1.30. The molecule has 0 spiro atoms. The summed E-state index contributed by atoms with van der Waals surface area (Å²) in [6.45, 7) is 0.374. The molecule has 134 valence electrons. The van der Waals surface area contributed by atoms with Gasteiger partial charge in [-0.25, -0.2) is 9.37 Å². The van der Waals surface area contributed by atoms with Crippen molar-refractivity contribution in [1.82, 2.24) is 9.55 Å². The fraction of sp³-hybridized carbons (Fsp3) is 0.100. The maximum atomic E-state index is 14.0. The van der Waals surface area contributed by atoms with E-state index in [4.69, 9.17) is 11.2 Å². The lowest BCUT2D eigenvalue weighted by Gasteiger charge is -2.08. The lowest BCUT2D eigenvalue weighted by atomic mass is 10.2. The number of terminal acetylenes is 1. The Morgan fingerprint density at radius 2 is 2.22 bits per heavy atom. The van der Waals surface area contributed by atoms with E-state index in [1.807, 2.05) is 12.1 Å². The molecule has 3 heterocycles. The van der Waals surface area contributed by atoms with E-state index in [0.29, 0.717) is 16.9 Å². The van der Waals surface area contributed by atoms with E-state index in [1.54, 1.807) is 18.5 Å². The molecule has 0 atom stereocenters. The predicted octanol–water partition coefficient (Wildman–Crippen LogP) is 3.79. The molecule has 0 saturated carbocycles. The predicted molar refractivity (Wildman–Crippen MR) is 107 cm³/mol. The van der Waals surface area contributed by atoms with E-state index in [0.717, 1.165) is 21.3 Å². The first-order valence-corrected chi connectivity index (χ1v) is 8.90. The van der Waals surface area contributed by atoms with Crippen LogP contribution in [0.1, 0.15) is 0 Å². The minimum atomic E-state index is -0.527. The maximum Gasteiger partial charge on any atom is 0.273 e. The Labute approximate surface area is 158 Å². The smallest absolute Gasteiger partial charge is 0.273 e. The van der Waals surface area contributed by atoms with Crippen molar-refractivity contribution in [3.8, 4) is 23.8 Å². The molecule has 0 bridgehead atoms. The first-order chi connectivity index (χ1) is 13.1. The Morgan fingerprint density at radius 1 is 1.37 bits per heavy atom. The molecule has 3 aromatic heterocycles. The normalized spacial score (nSPS) is 10.9. The van der Waals surface area contributed by atoms with Crippen LogP contribution in [-0.2, 0) is 0 Å². The van der Waals surface area contributed by atoms with Gasteiger partial charge in [0.1, 0.15) is 9.53 Å². The topological polar surface area (TPSA) is 56.2 Å². The van der Waals surface area contributed by atoms with Gasteiger partial charge in [-0.2, -0.15) is 0 Å². The summed E-state index contributed by atoms with van der Waals surface area (Å²) in [5, 5.41) is 4.81. The molecule has 7 heteroatoms. The monoisotopic (exact) mass is 379 g/mol. The van der Waals surface area contributed by atoms with E-state index in [2.05, 4.69) is 16.2 Å². The number of fused-ring (bicyclic) bond motifs is 3. The van der Waals surface area contributed by atoms with Crippen LogP contribution in [0.15, 0.2) is 47.5 Å². The van der Waals surface area contributed by atoms with Crippen LogP contribution in [0.4, 0.5) is 10.1 Å². The highest BCUT2D eigenvalue weighted by atomic mass is 32.1. The second-order valence-electron chi connectivity index (χ2n) is 5.75. The third kappa shape index (κ3) is 2.80. The van der Waals surface area contributed by atoms with Crippen molar-refractivity contribution in [3.05, 3.63) is 58.9 Å². The second kappa shape index (κ2) is 6.74. The summed E-state index contributed by atoms with van der Waals surface area (Å²) in [6, 6.07) is 8.07. The molecule has 4 aromatic rings. The van der Waals surface area contributed by atoms with Crippen LogP contribution in [0.3, 0.4) is 0 Å². The number of rotatable bonds is 4. The van der Waals surface area contributed by atoms with Gasteiger partial charge in [0.25, 0.3) is 5.56 Å². The maximum absolute atomic E-state index is 14.0. The number of methoxy groups -OCH3 is 1. The summed E-state index contributed by atoms with van der Waals surface area (Å²) in [5.41, 5.74) is 1.02. The van der Waals surface area contributed by atoms with Crippen LogP contribution >= 0.6 is 11.3 Å². The number of anilines is 1. The summed E-state index contributed by atoms with van der Waals surface area (Å²) in [7, 11) is 1.40. The zero-order valence-electron chi connectivity index (χ0n) is 14.3. The van der Waals surface area contributed by atoms with Crippen molar-refractivity contribution in [2.45, 2.75) is 0 Å². The molecule has 0 amide bonds. The fourth-order valence-electron chi connectivity index (χ4n) is 2.99. The number of aromatic nitrogens is 2. The molecule has 0 saturated heterocycles. The molecule has 4 rings (SSSR count). The summed E-state index contributed by atoms with van der Waals surface area (Å²) in [4.78, 5) is 18.1. The Kier molecular flexibility index (Phi) is 4.26. The third-order valence-corrected chi connectivity index (χ3v) is 5.33. The lowest BCUT2D eigenvalue weighted by molar-refractivity contribution is 0.386. The molecule has 27 heavy (non-hydrogen) atoms. The molecule has 0 aliphatic rings. The molecule has 1 N–H and O–H groups in total. The van der Waals surface area contributed by atoms with Gasteiger partial charge in [0.05, 0.1) is 19.3 Å². The average Bonchev–Trinajstić information content (AvgIpc) is 3.07. The van der Waals surface area contributed by atoms with Crippen LogP contribution < -0.4 is 15.6 Å². The van der Waals surface area contributed by atoms with E-state index < -0.39 is 5.82 Å². The number of halogens is 1. The molecule has 0 fully saturated rings. The highest BCUT2D eigenvalue weighted by Crippen LogP contribution is 2.35. The van der Waals surface area contributed by atoms with Gasteiger partial charge in [0, 0.05) is 34.9 Å². The summed E-state index contributed by atoms with van der Waals surface area (Å²) < 4.78 is 20.9. The van der Waals surface area contributed by atoms with Crippen LogP contribution in [0.5, 0.6) is 5.75 Å². The van der Waals surface area contributed by atoms with Crippen LogP contribution in [-0.4, -0.2) is 23.2 Å². The van der Waals surface area contributed by atoms with Gasteiger partial charge in [-0.15, -0.1) is 17.8 Å². The number of nitrogens with one attached hydrogen (secondary N) is 1. The fourth-order valence-corrected chi connectivity index (χ4v) is 4.09. The van der Waals surface area contributed by atoms with E-state index in [1.165, 1.54) is 35.1 Å². The van der Waals surface area contributed by atoms with Gasteiger partial charge in [-0.3, -0.25) is 9.36 Å². The van der Waals surface area contributed by atoms with Crippen molar-refractivity contribution in [2.75, 3.05) is 19.0 Å². The Bertz CT molecular complexity index is 1270. The van der Waals surface area contributed by atoms with Gasteiger partial charge < -0.3 is 10.1 Å². The molecule has 0 aliphatic heterocycles. The highest BCUT2D eigenvalue weighted by molar-refractivity contribution is 7.25. The van der Waals surface area contributed by atoms with Gasteiger partial charge in [0.2, 0.25) is 0 Å². The minimum Gasteiger partial charge on any atom is -0.494 e. The van der Waals surface area contributed by atoms with Crippen molar-refractivity contribution in [2.24, 2.45) is 0 Å². The highest BCUT2D eigenvalue weighted by Gasteiger charge is 2.15. The molecule has 0 aliphatic carbocycles. The number of pyridine rings is 2. The zero-order valence-corrected chi connectivity index (χ0v) is 15.1. The van der Waals surface area contributed by atoms with Crippen LogP contribution in [0.2, 0.25) is 0 Å². The molecular formula is C20H14FN3O2S. The average molecular weight is 379 g/mol. The number of nitrogens with zero attached hydrogens (tertiary/aromatic N) is 2. The van der Waals surface area contributed by atoms with Crippen molar-refractivity contribution in [3.63, 3.8) is 0 Å². The Hall–Kier alpha value is -3.37. The number of ether oxygens (including phenoxy) is 1. The number of benzene rings is 1. The van der Waals surface area contributed by atoms with Gasteiger partial charge in [-0.1, -0.05) is 5.92 Å². The van der Waals surface area contributed by atoms with E-state index >= 15 is 0 Å². The van der Waals surface area contributed by atoms with Crippen molar-refractivity contribution in [1.29, 1.82) is 0 Å². The minimum absolute atomic E-state index is 0.128. The van der Waals surface area contributed by atoms with Gasteiger partial charge >= 0.3 is 0 Å². The molecule has 0 radical (unpaired) electrons. The van der Waals surface area contributed by atoms with Gasteiger partial charge in [-0.05, 0) is 24.3 Å². The summed E-state index contributed by atoms with van der Waals surface area (Å²) in [6.07, 6.45) is 8.64. The second-order valence-corrected chi connectivity index (χ2v) is 6.75. The van der Waals surface area contributed by atoms with Crippen LogP contribution in [0, 0.1) is 18.2 Å². The third-order valence-electron chi connectivity index (χ3n) is 4.23. The summed E-state index contributed by atoms with van der Waals surface area (Å²) in [5.74, 6) is 2.14. The Morgan fingerprint density at radius 3 is 2.96 bits per heavy atom. The number of hydrogen-bond donors (Lipinski definition) is 1. The van der Waals surface area contributed by atoms with Crippen molar-refractivity contribution >= 4 is 37.3 Å². The first kappa shape index (κ1) is 17.1. The van der Waals surface area contributed by atoms with Gasteiger partial charge in [0.15, 0.2) is 11.6 Å². The molecular weight excluding hydrogens is 365 g/mol. The van der Waals surface area contributed by atoms with Crippen molar-refractivity contribution < 1.29 is 9.13 Å². The SMILES string of the molecule is C#CCNc1ccnc2sc3c(=O)n(-c4ccc(OC)c(F)c4)ccc3c12. The zero-order chi connectivity index (χ0) is 19.0. The Balaban J connectivity index is 1.93. The first-order valence-electron chi connectivity index (χ1n) is 8.08. The molecule has 5 nitrogen and oxygen atoms in total. The quantitative estimate of drug-likeness (QED) is 0.548. The standard InChI is InChI=1S/C20H14FN3O2S/c1-3-8-22-15-6-9-23-19-17(15)13-7-10-24(20(25)18(13)27-19)12-4-5-16(26-2)14(21)11-12/h1,4-7,9-11H,8H2,2H3,(H,22,23).